The number of benzene rings is 4. The van der Waals surface area contributed by atoms with Crippen LogP contribution >= 0.6 is 0 Å². The third-order valence-electron chi connectivity index (χ3n) is 11.9. The second-order valence-electron chi connectivity index (χ2n) is 16.7. The molecule has 0 atom stereocenters. The van der Waals surface area contributed by atoms with Gasteiger partial charge in [0.2, 0.25) is 17.8 Å². The molecule has 2 aliphatic heterocycles. The third-order valence-corrected chi connectivity index (χ3v) is 11.9. The SMILES string of the molecule is CCOC(=O)c1cccc(Nc2nc(Nc3ccc(N4CCN(C)CC4)cc3)ncc2C)c1C.Cc1cnc(Nc2ccc(N3CCN(C)CC3)cc2)nc1Nc1cccc(C(N)=O)c1C. The molecule has 0 radical (unpaired) electrons. The van der Waals surface area contributed by atoms with Gasteiger partial charge in [0, 0.05) is 116 Å². The summed E-state index contributed by atoms with van der Waals surface area (Å²) in [7, 11) is 4.32. The Morgan fingerprint density at radius 2 is 0.985 bits per heavy atom. The van der Waals surface area contributed by atoms with E-state index in [0.717, 1.165) is 97.4 Å². The molecule has 8 rings (SSSR count). The van der Waals surface area contributed by atoms with Crippen LogP contribution in [0.4, 0.5) is 57.7 Å². The van der Waals surface area contributed by atoms with Crippen molar-refractivity contribution in [2.24, 2.45) is 5.73 Å². The Morgan fingerprint density at radius 3 is 1.39 bits per heavy atom. The molecule has 0 aliphatic carbocycles. The van der Waals surface area contributed by atoms with Crippen molar-refractivity contribution in [3.05, 3.63) is 131 Å². The highest BCUT2D eigenvalue weighted by molar-refractivity contribution is 5.96. The lowest BCUT2D eigenvalue weighted by Gasteiger charge is -2.34. The van der Waals surface area contributed by atoms with Crippen LogP contribution in [0.5, 0.6) is 0 Å². The Kier molecular flexibility index (Phi) is 15.3. The van der Waals surface area contributed by atoms with E-state index >= 15 is 0 Å². The number of aryl methyl sites for hydroxylation is 2. The number of aromatic nitrogens is 4. The first-order valence-corrected chi connectivity index (χ1v) is 22.3. The summed E-state index contributed by atoms with van der Waals surface area (Å²) < 4.78 is 5.17. The van der Waals surface area contributed by atoms with Gasteiger partial charge in [-0.15, -0.1) is 0 Å². The lowest BCUT2D eigenvalue weighted by atomic mass is 10.1. The summed E-state index contributed by atoms with van der Waals surface area (Å²) in [5.74, 6) is 1.56. The number of amides is 1. The van der Waals surface area contributed by atoms with E-state index in [2.05, 4.69) is 111 Å². The molecule has 2 fully saturated rings. The summed E-state index contributed by atoms with van der Waals surface area (Å²) >= 11 is 0. The molecule has 1 amide bonds. The zero-order chi connectivity index (χ0) is 46.7. The Hall–Kier alpha value is -7.30. The van der Waals surface area contributed by atoms with Gasteiger partial charge in [-0.05, 0) is 133 Å². The lowest BCUT2D eigenvalue weighted by Crippen LogP contribution is -2.44. The van der Waals surface area contributed by atoms with Gasteiger partial charge in [0.25, 0.3) is 0 Å². The number of esters is 1. The van der Waals surface area contributed by atoms with Gasteiger partial charge < -0.3 is 51.3 Å². The molecule has 2 aliphatic rings. The fourth-order valence-electron chi connectivity index (χ4n) is 7.65. The normalized spacial score (nSPS) is 14.2. The summed E-state index contributed by atoms with van der Waals surface area (Å²) in [6.07, 6.45) is 3.55. The van der Waals surface area contributed by atoms with Crippen LogP contribution in [0, 0.1) is 27.7 Å². The average molecular weight is 892 g/mol. The number of primary amides is 1. The monoisotopic (exact) mass is 892 g/mol. The topological polar surface area (TPSA) is 182 Å². The summed E-state index contributed by atoms with van der Waals surface area (Å²) in [6, 6.07) is 27.6. The molecular formula is C50H61N13O3. The second-order valence-corrected chi connectivity index (χ2v) is 16.7. The average Bonchev–Trinajstić information content (AvgIpc) is 3.31. The summed E-state index contributed by atoms with van der Waals surface area (Å²) in [5.41, 5.74) is 15.8. The molecule has 2 saturated heterocycles. The van der Waals surface area contributed by atoms with Crippen molar-refractivity contribution >= 4 is 69.5 Å². The second kappa shape index (κ2) is 21.6. The van der Waals surface area contributed by atoms with Crippen molar-refractivity contribution in [2.45, 2.75) is 34.6 Å². The number of rotatable bonds is 13. The predicted octanol–water partition coefficient (Wildman–Crippen LogP) is 7.94. The number of ether oxygens (including phenoxy) is 1. The molecule has 16 heteroatoms. The van der Waals surface area contributed by atoms with Gasteiger partial charge >= 0.3 is 5.97 Å². The van der Waals surface area contributed by atoms with Crippen molar-refractivity contribution in [2.75, 3.05) is 104 Å². The minimum atomic E-state index is -0.451. The molecule has 6 N–H and O–H groups in total. The van der Waals surface area contributed by atoms with Gasteiger partial charge in [0.15, 0.2) is 0 Å². The van der Waals surface area contributed by atoms with E-state index in [9.17, 15) is 9.59 Å². The number of carbonyl (C=O) groups is 2. The van der Waals surface area contributed by atoms with Gasteiger partial charge in [-0.2, -0.15) is 9.97 Å². The smallest absolute Gasteiger partial charge is 0.338 e. The lowest BCUT2D eigenvalue weighted by molar-refractivity contribution is 0.0525. The molecule has 0 saturated carbocycles. The van der Waals surface area contributed by atoms with Gasteiger partial charge in [-0.3, -0.25) is 4.79 Å². The highest BCUT2D eigenvalue weighted by Gasteiger charge is 2.18. The molecule has 0 unspecified atom stereocenters. The molecule has 0 spiro atoms. The zero-order valence-electron chi connectivity index (χ0n) is 39.0. The highest BCUT2D eigenvalue weighted by atomic mass is 16.5. The van der Waals surface area contributed by atoms with Crippen molar-refractivity contribution in [3.8, 4) is 0 Å². The van der Waals surface area contributed by atoms with Gasteiger partial charge in [-0.1, -0.05) is 12.1 Å². The predicted molar refractivity (Wildman–Crippen MR) is 266 cm³/mol. The van der Waals surface area contributed by atoms with Gasteiger partial charge in [0.05, 0.1) is 12.2 Å². The summed E-state index contributed by atoms with van der Waals surface area (Å²) in [4.78, 5) is 51.5. The maximum Gasteiger partial charge on any atom is 0.338 e. The quantitative estimate of drug-likeness (QED) is 0.0705. The number of hydrogen-bond acceptors (Lipinski definition) is 15. The van der Waals surface area contributed by atoms with E-state index in [0.29, 0.717) is 41.3 Å². The van der Waals surface area contributed by atoms with E-state index < -0.39 is 5.91 Å². The number of nitrogens with one attached hydrogen (secondary N) is 4. The Morgan fingerprint density at radius 1 is 0.576 bits per heavy atom. The van der Waals surface area contributed by atoms with Crippen LogP contribution in [0.3, 0.4) is 0 Å². The molecule has 4 aromatic carbocycles. The molecule has 0 bridgehead atoms. The van der Waals surface area contributed by atoms with Crippen LogP contribution in [-0.4, -0.2) is 115 Å². The van der Waals surface area contributed by atoms with Crippen LogP contribution < -0.4 is 36.8 Å². The number of nitrogens with zero attached hydrogens (tertiary/aromatic N) is 8. The third kappa shape index (κ3) is 11.9. The summed E-state index contributed by atoms with van der Waals surface area (Å²) in [5, 5.41) is 13.2. The molecule has 16 nitrogen and oxygen atoms in total. The molecular weight excluding hydrogens is 831 g/mol. The van der Waals surface area contributed by atoms with Crippen LogP contribution in [0.2, 0.25) is 0 Å². The van der Waals surface area contributed by atoms with E-state index in [1.807, 2.05) is 58.0 Å². The largest absolute Gasteiger partial charge is 0.462 e. The van der Waals surface area contributed by atoms with Crippen molar-refractivity contribution < 1.29 is 14.3 Å². The van der Waals surface area contributed by atoms with E-state index in [1.165, 1.54) is 11.4 Å². The molecule has 66 heavy (non-hydrogen) atoms. The summed E-state index contributed by atoms with van der Waals surface area (Å²) in [6.45, 7) is 18.2. The minimum absolute atomic E-state index is 0.328. The van der Waals surface area contributed by atoms with Crippen molar-refractivity contribution in [3.63, 3.8) is 0 Å². The van der Waals surface area contributed by atoms with Crippen LogP contribution in [0.25, 0.3) is 0 Å². The van der Waals surface area contributed by atoms with Gasteiger partial charge in [0.1, 0.15) is 11.6 Å². The first-order valence-electron chi connectivity index (χ1n) is 22.3. The minimum Gasteiger partial charge on any atom is -0.462 e. The zero-order valence-corrected chi connectivity index (χ0v) is 39.0. The van der Waals surface area contributed by atoms with E-state index in [4.69, 9.17) is 10.5 Å². The van der Waals surface area contributed by atoms with Crippen LogP contribution in [0.15, 0.2) is 97.3 Å². The number of hydrogen-bond donors (Lipinski definition) is 5. The number of likely N-dealkylation sites (N-methyl/N-ethyl adjacent to an activating group) is 2. The van der Waals surface area contributed by atoms with E-state index in [1.54, 1.807) is 37.5 Å². The maximum atomic E-state index is 12.2. The number of nitrogens with two attached hydrogens (primary N) is 1. The Balaban J connectivity index is 0.000000197. The maximum absolute atomic E-state index is 12.2. The van der Waals surface area contributed by atoms with Crippen LogP contribution in [0.1, 0.15) is 49.9 Å². The number of piperazine rings is 2. The van der Waals surface area contributed by atoms with Crippen molar-refractivity contribution in [1.82, 2.24) is 29.7 Å². The van der Waals surface area contributed by atoms with Gasteiger partial charge in [-0.25, -0.2) is 14.8 Å². The number of anilines is 10. The van der Waals surface area contributed by atoms with E-state index in [-0.39, 0.29) is 5.97 Å². The first kappa shape index (κ1) is 46.7. The fraction of sp³-hybridized carbons (Fsp3) is 0.320. The first-order chi connectivity index (χ1) is 31.8. The van der Waals surface area contributed by atoms with Crippen LogP contribution in [-0.2, 0) is 4.74 Å². The molecule has 344 valence electrons. The Bertz CT molecular complexity index is 2610. The standard InChI is InChI=1S/C26H32N6O2.C24H29N7O/c1-5-34-25(33)22-7-6-8-23(19(22)3)29-24-18(2)17-27-26(30-24)28-20-9-11-21(12-10-20)32-15-13-31(4)14-16-32;1-16-15-26-24(29-23(16)28-21-6-4-5-20(17(21)2)22(25)32)27-18-7-9-19(10-8-18)31-13-11-30(3)12-14-31/h6-12,17H,5,13-16H2,1-4H3,(H2,27,28,29,30);4-10,15H,11-14H2,1-3H3,(H2,25,32)(H2,26,27,28,29). The Labute approximate surface area is 387 Å². The fourth-order valence-corrected chi connectivity index (χ4v) is 7.65. The molecule has 2 aromatic heterocycles. The molecule has 6 aromatic rings. The van der Waals surface area contributed by atoms with Crippen molar-refractivity contribution in [1.29, 1.82) is 0 Å². The number of carbonyl (C=O) groups excluding carboxylic acids is 2. The highest BCUT2D eigenvalue weighted by Crippen LogP contribution is 2.29. The molecule has 4 heterocycles.